The van der Waals surface area contributed by atoms with Crippen LogP contribution in [-0.2, 0) is 12.4 Å². The Bertz CT molecular complexity index is 1230. The van der Waals surface area contributed by atoms with E-state index in [4.69, 9.17) is 17.4 Å². The van der Waals surface area contributed by atoms with E-state index in [-0.39, 0.29) is 22.0 Å². The van der Waals surface area contributed by atoms with Gasteiger partial charge in [0.25, 0.3) is 0 Å². The Labute approximate surface area is 175 Å². The molecule has 4 rings (SSSR count). The van der Waals surface area contributed by atoms with Gasteiger partial charge in [0.2, 0.25) is 11.6 Å². The number of benzene rings is 2. The lowest BCUT2D eigenvalue weighted by molar-refractivity contribution is -0.145. The molecule has 0 amide bonds. The number of anilines is 1. The number of rotatable bonds is 1. The van der Waals surface area contributed by atoms with Gasteiger partial charge in [-0.3, -0.25) is 0 Å². The number of nitrogen functional groups attached to an aromatic ring is 1. The van der Waals surface area contributed by atoms with Gasteiger partial charge in [-0.05, 0) is 24.3 Å². The third-order valence-corrected chi connectivity index (χ3v) is 4.09. The third-order valence-electron chi connectivity index (χ3n) is 3.80. The molecule has 0 atom stereocenters. The molecule has 0 aliphatic rings. The van der Waals surface area contributed by atoms with Crippen LogP contribution in [0.1, 0.15) is 11.6 Å². The number of nitrogens with one attached hydrogen (secondary N) is 1. The molecule has 0 radical (unpaired) electrons. The molecule has 31 heavy (non-hydrogen) atoms. The van der Waals surface area contributed by atoms with Crippen LogP contribution in [0.25, 0.3) is 21.8 Å². The molecule has 0 unspecified atom stereocenters. The Morgan fingerprint density at radius 2 is 1.13 bits per heavy atom. The average Bonchev–Trinajstić information content (AvgIpc) is 2.72. The second-order valence-corrected chi connectivity index (χ2v) is 6.27. The van der Waals surface area contributed by atoms with Gasteiger partial charge < -0.3 is 5.43 Å². The molecule has 0 bridgehead atoms. The molecule has 3 N–H and O–H groups in total. The Kier molecular flexibility index (Phi) is 6.13. The lowest BCUT2D eigenvalue weighted by atomic mass is 10.2. The summed E-state index contributed by atoms with van der Waals surface area (Å²) in [6.45, 7) is 0. The molecule has 13 heteroatoms. The number of hydrogen-bond acceptors (Lipinski definition) is 6. The fraction of sp³-hybridized carbons (Fsp3) is 0.111. The van der Waals surface area contributed by atoms with Gasteiger partial charge in [0, 0.05) is 10.8 Å². The van der Waals surface area contributed by atoms with Crippen molar-refractivity contribution in [2.24, 2.45) is 5.84 Å². The normalized spacial score (nSPS) is 11.9. The summed E-state index contributed by atoms with van der Waals surface area (Å²) in [5.41, 5.74) is 2.51. The summed E-state index contributed by atoms with van der Waals surface area (Å²) in [6, 6.07) is 12.6. The largest absolute Gasteiger partial charge is 0.451 e. The molecule has 2 aromatic carbocycles. The lowest BCUT2D eigenvalue weighted by Gasteiger charge is -2.09. The number of halogens is 7. The van der Waals surface area contributed by atoms with Gasteiger partial charge in [-0.25, -0.2) is 25.8 Å². The fourth-order valence-electron chi connectivity index (χ4n) is 2.48. The standard InChI is InChI=1S/C9H4ClF3N2.C9H7F3N4/c10-7-5-3-1-2-4-6(5)14-8(15-7)9(11,12)13;10-9(11,12)8-14-6-4-2-1-3-5(6)7(15-8)16-13/h1-4H;1-4H,13H2,(H,14,15,16). The van der Waals surface area contributed by atoms with E-state index < -0.39 is 24.0 Å². The molecule has 0 spiro atoms. The van der Waals surface area contributed by atoms with Crippen LogP contribution in [0.15, 0.2) is 48.5 Å². The van der Waals surface area contributed by atoms with Crippen LogP contribution in [0.5, 0.6) is 0 Å². The summed E-state index contributed by atoms with van der Waals surface area (Å²) in [5.74, 6) is 2.65. The topological polar surface area (TPSA) is 89.6 Å². The number of fused-ring (bicyclic) bond motifs is 2. The minimum atomic E-state index is -4.59. The summed E-state index contributed by atoms with van der Waals surface area (Å²) in [5, 5.41) is 0.665. The Hall–Kier alpha value is -3.25. The van der Waals surface area contributed by atoms with Crippen molar-refractivity contribution < 1.29 is 26.3 Å². The first-order valence-corrected chi connectivity index (χ1v) is 8.68. The van der Waals surface area contributed by atoms with E-state index in [9.17, 15) is 26.3 Å². The van der Waals surface area contributed by atoms with Crippen molar-refractivity contribution in [1.29, 1.82) is 0 Å². The Morgan fingerprint density at radius 3 is 1.65 bits per heavy atom. The number of nitrogens with zero attached hydrogens (tertiary/aromatic N) is 4. The first kappa shape index (κ1) is 22.4. The smallest absolute Gasteiger partial charge is 0.308 e. The van der Waals surface area contributed by atoms with Crippen LogP contribution in [0.3, 0.4) is 0 Å². The third kappa shape index (κ3) is 5.09. The molecule has 4 aromatic rings. The molecule has 0 fully saturated rings. The maximum atomic E-state index is 12.4. The number of hydrazine groups is 1. The van der Waals surface area contributed by atoms with Crippen molar-refractivity contribution in [3.8, 4) is 0 Å². The van der Waals surface area contributed by atoms with Gasteiger partial charge in [0.1, 0.15) is 5.15 Å². The summed E-state index contributed by atoms with van der Waals surface area (Å²) >= 11 is 5.62. The van der Waals surface area contributed by atoms with E-state index >= 15 is 0 Å². The first-order chi connectivity index (χ1) is 14.5. The molecule has 162 valence electrons. The Morgan fingerprint density at radius 1 is 0.677 bits per heavy atom. The monoisotopic (exact) mass is 460 g/mol. The maximum Gasteiger partial charge on any atom is 0.451 e. The van der Waals surface area contributed by atoms with Gasteiger partial charge in [0.15, 0.2) is 5.82 Å². The average molecular weight is 461 g/mol. The number of alkyl halides is 6. The van der Waals surface area contributed by atoms with Crippen molar-refractivity contribution in [3.05, 3.63) is 65.3 Å². The molecule has 0 aliphatic heterocycles. The second kappa shape index (κ2) is 8.47. The molecule has 0 saturated heterocycles. The zero-order valence-electron chi connectivity index (χ0n) is 15.1. The number of hydrogen-bond donors (Lipinski definition) is 2. The van der Waals surface area contributed by atoms with E-state index in [0.29, 0.717) is 10.8 Å². The van der Waals surface area contributed by atoms with Crippen LogP contribution in [-0.4, -0.2) is 19.9 Å². The van der Waals surface area contributed by atoms with Crippen LogP contribution >= 0.6 is 11.6 Å². The summed E-state index contributed by atoms with van der Waals surface area (Å²) < 4.78 is 74.3. The zero-order valence-corrected chi connectivity index (χ0v) is 15.9. The molecular weight excluding hydrogens is 450 g/mol. The van der Waals surface area contributed by atoms with E-state index in [0.717, 1.165) is 0 Å². The van der Waals surface area contributed by atoms with Crippen molar-refractivity contribution in [1.82, 2.24) is 19.9 Å². The van der Waals surface area contributed by atoms with Crippen molar-refractivity contribution >= 4 is 39.2 Å². The molecule has 2 aromatic heterocycles. The molecule has 0 saturated carbocycles. The van der Waals surface area contributed by atoms with Crippen molar-refractivity contribution in [3.63, 3.8) is 0 Å². The van der Waals surface area contributed by atoms with Gasteiger partial charge >= 0.3 is 12.4 Å². The SMILES string of the molecule is FC(F)(F)c1nc(Cl)c2ccccc2n1.NNc1nc(C(F)(F)F)nc2ccccc12. The fourth-order valence-corrected chi connectivity index (χ4v) is 2.72. The Balaban J connectivity index is 0.000000176. The van der Waals surface area contributed by atoms with Crippen LogP contribution in [0, 0.1) is 0 Å². The molecule has 2 heterocycles. The minimum Gasteiger partial charge on any atom is -0.308 e. The minimum absolute atomic E-state index is 0.0436. The van der Waals surface area contributed by atoms with Crippen LogP contribution < -0.4 is 11.3 Å². The van der Waals surface area contributed by atoms with E-state index in [1.54, 1.807) is 36.4 Å². The van der Waals surface area contributed by atoms with E-state index in [1.807, 2.05) is 0 Å². The predicted molar refractivity (Wildman–Crippen MR) is 102 cm³/mol. The number of aromatic nitrogens is 4. The molecule has 6 nitrogen and oxygen atoms in total. The van der Waals surface area contributed by atoms with Gasteiger partial charge in [-0.1, -0.05) is 35.9 Å². The highest BCUT2D eigenvalue weighted by Gasteiger charge is 2.36. The summed E-state index contributed by atoms with van der Waals surface area (Å²) in [4.78, 5) is 13.3. The highest BCUT2D eigenvalue weighted by Crippen LogP contribution is 2.30. The highest BCUT2D eigenvalue weighted by molar-refractivity contribution is 6.34. The number of nitrogens with two attached hydrogens (primary N) is 1. The van der Waals surface area contributed by atoms with Gasteiger partial charge in [0.05, 0.1) is 11.0 Å². The maximum absolute atomic E-state index is 12.4. The van der Waals surface area contributed by atoms with Crippen molar-refractivity contribution in [2.45, 2.75) is 12.4 Å². The van der Waals surface area contributed by atoms with Crippen LogP contribution in [0.4, 0.5) is 32.2 Å². The molecular formula is C18H11ClF6N6. The van der Waals surface area contributed by atoms with E-state index in [2.05, 4.69) is 25.4 Å². The lowest BCUT2D eigenvalue weighted by Crippen LogP contribution is -2.16. The second-order valence-electron chi connectivity index (χ2n) is 5.91. The van der Waals surface area contributed by atoms with Crippen LogP contribution in [0.2, 0.25) is 5.15 Å². The first-order valence-electron chi connectivity index (χ1n) is 8.31. The molecule has 0 aliphatic carbocycles. The zero-order chi connectivity index (χ0) is 22.8. The summed E-state index contributed by atoms with van der Waals surface area (Å²) in [6.07, 6.45) is -9.16. The highest BCUT2D eigenvalue weighted by atomic mass is 35.5. The quantitative estimate of drug-likeness (QED) is 0.175. The summed E-state index contributed by atoms with van der Waals surface area (Å²) in [7, 11) is 0. The van der Waals surface area contributed by atoms with Crippen molar-refractivity contribution in [2.75, 3.05) is 5.43 Å². The van der Waals surface area contributed by atoms with Gasteiger partial charge in [-0.2, -0.15) is 26.3 Å². The number of para-hydroxylation sites is 2. The van der Waals surface area contributed by atoms with Gasteiger partial charge in [-0.15, -0.1) is 0 Å². The van der Waals surface area contributed by atoms with E-state index in [1.165, 1.54) is 12.1 Å². The predicted octanol–water partition coefficient (Wildman–Crippen LogP) is 5.24.